The van der Waals surface area contributed by atoms with Crippen molar-refractivity contribution in [3.05, 3.63) is 56.0 Å². The Bertz CT molecular complexity index is 830. The molecule has 1 heterocycles. The molecule has 0 aliphatic carbocycles. The summed E-state index contributed by atoms with van der Waals surface area (Å²) in [5, 5.41) is 15.9. The number of nitro groups is 1. The van der Waals surface area contributed by atoms with Crippen LogP contribution < -0.4 is 5.32 Å². The summed E-state index contributed by atoms with van der Waals surface area (Å²) in [5.74, 6) is -0.492. The molecule has 0 aliphatic heterocycles. The number of hydrogen-bond donors (Lipinski definition) is 1. The van der Waals surface area contributed by atoms with Gasteiger partial charge in [0.15, 0.2) is 0 Å². The summed E-state index contributed by atoms with van der Waals surface area (Å²) in [4.78, 5) is 41.0. The number of benzene rings is 1. The van der Waals surface area contributed by atoms with Crippen LogP contribution in [0.15, 0.2) is 29.6 Å². The molecule has 0 saturated carbocycles. The maximum Gasteiger partial charge on any atom is 0.270 e. The highest BCUT2D eigenvalue weighted by Gasteiger charge is 2.22. The minimum Gasteiger partial charge on any atom is -0.349 e. The second-order valence-electron chi connectivity index (χ2n) is 6.59. The molecule has 1 aromatic carbocycles. The third-order valence-corrected chi connectivity index (χ3v) is 4.55. The highest BCUT2D eigenvalue weighted by Crippen LogP contribution is 2.19. The number of carbonyl (C=O) groups is 2. The Morgan fingerprint density at radius 2 is 1.85 bits per heavy atom. The van der Waals surface area contributed by atoms with Crippen LogP contribution in [0.4, 0.5) is 5.69 Å². The summed E-state index contributed by atoms with van der Waals surface area (Å²) < 4.78 is 0. The fourth-order valence-electron chi connectivity index (χ4n) is 2.35. The van der Waals surface area contributed by atoms with Crippen LogP contribution in [0.5, 0.6) is 0 Å². The molecule has 8 nitrogen and oxygen atoms in total. The first kappa shape index (κ1) is 20.5. The first-order valence-electron chi connectivity index (χ1n) is 8.49. The van der Waals surface area contributed by atoms with Gasteiger partial charge in [-0.25, -0.2) is 4.98 Å². The summed E-state index contributed by atoms with van der Waals surface area (Å²) in [5.41, 5.74) is 0.627. The maximum atomic E-state index is 12.8. The van der Waals surface area contributed by atoms with Gasteiger partial charge in [-0.1, -0.05) is 0 Å². The van der Waals surface area contributed by atoms with E-state index in [1.54, 1.807) is 10.3 Å². The molecule has 2 aromatic rings. The van der Waals surface area contributed by atoms with Gasteiger partial charge in [-0.3, -0.25) is 19.7 Å². The number of thiazole rings is 1. The molecule has 0 fully saturated rings. The Labute approximate surface area is 161 Å². The van der Waals surface area contributed by atoms with E-state index in [9.17, 15) is 19.7 Å². The van der Waals surface area contributed by atoms with Gasteiger partial charge in [0.25, 0.3) is 17.5 Å². The van der Waals surface area contributed by atoms with Gasteiger partial charge in [0, 0.05) is 35.2 Å². The van der Waals surface area contributed by atoms with E-state index in [-0.39, 0.29) is 36.1 Å². The molecule has 2 amide bonds. The van der Waals surface area contributed by atoms with Crippen LogP contribution in [0.1, 0.15) is 53.5 Å². The van der Waals surface area contributed by atoms with Gasteiger partial charge in [-0.15, -0.1) is 11.3 Å². The second kappa shape index (κ2) is 8.72. The van der Waals surface area contributed by atoms with Gasteiger partial charge >= 0.3 is 0 Å². The van der Waals surface area contributed by atoms with Crippen LogP contribution in [0.3, 0.4) is 0 Å². The van der Waals surface area contributed by atoms with Crippen molar-refractivity contribution >= 4 is 28.8 Å². The van der Waals surface area contributed by atoms with Crippen LogP contribution in [0, 0.1) is 10.1 Å². The van der Waals surface area contributed by atoms with E-state index in [1.807, 2.05) is 27.7 Å². The number of hydrogen-bond acceptors (Lipinski definition) is 6. The van der Waals surface area contributed by atoms with Gasteiger partial charge in [-0.05, 0) is 39.8 Å². The van der Waals surface area contributed by atoms with Crippen molar-refractivity contribution < 1.29 is 14.5 Å². The smallest absolute Gasteiger partial charge is 0.270 e. The fraction of sp³-hybridized carbons (Fsp3) is 0.389. The van der Waals surface area contributed by atoms with Crippen LogP contribution >= 0.6 is 11.3 Å². The lowest BCUT2D eigenvalue weighted by atomic mass is 10.1. The average Bonchev–Trinajstić information content (AvgIpc) is 3.07. The monoisotopic (exact) mass is 390 g/mol. The standard InChI is InChI=1S/C18H22N4O4S/c1-11(2)19-17(23)15-10-27-16(20-15)9-21(12(3)4)18(24)13-5-7-14(8-6-13)22(25)26/h5-8,10-12H,9H2,1-4H3,(H,19,23). The van der Waals surface area contributed by atoms with Crippen molar-refractivity contribution in [2.75, 3.05) is 0 Å². The van der Waals surface area contributed by atoms with Gasteiger partial charge in [0.2, 0.25) is 0 Å². The molecule has 9 heteroatoms. The molecule has 144 valence electrons. The molecule has 1 aromatic heterocycles. The molecule has 0 aliphatic rings. The summed E-state index contributed by atoms with van der Waals surface area (Å²) in [6, 6.07) is 5.41. The summed E-state index contributed by atoms with van der Waals surface area (Å²) in [6.07, 6.45) is 0. The average molecular weight is 390 g/mol. The predicted molar refractivity (Wildman–Crippen MR) is 103 cm³/mol. The normalized spacial score (nSPS) is 10.9. The third kappa shape index (κ3) is 5.33. The second-order valence-corrected chi connectivity index (χ2v) is 7.53. The number of amides is 2. The van der Waals surface area contributed by atoms with Crippen LogP contribution in [0.25, 0.3) is 0 Å². The predicted octanol–water partition coefficient (Wildman–Crippen LogP) is 3.24. The minimum absolute atomic E-state index is 0.0125. The quantitative estimate of drug-likeness (QED) is 0.577. The van der Waals surface area contributed by atoms with E-state index < -0.39 is 4.92 Å². The molecule has 0 saturated heterocycles. The lowest BCUT2D eigenvalue weighted by molar-refractivity contribution is -0.384. The first-order chi connectivity index (χ1) is 12.7. The molecule has 0 spiro atoms. The van der Waals surface area contributed by atoms with Crippen LogP contribution in [0.2, 0.25) is 0 Å². The Hall–Kier alpha value is -2.81. The molecule has 0 unspecified atom stereocenters. The van der Waals surface area contributed by atoms with E-state index in [1.165, 1.54) is 35.6 Å². The minimum atomic E-state index is -0.506. The Kier molecular flexibility index (Phi) is 6.62. The number of nitrogens with zero attached hydrogens (tertiary/aromatic N) is 3. The van der Waals surface area contributed by atoms with Crippen molar-refractivity contribution in [1.82, 2.24) is 15.2 Å². The van der Waals surface area contributed by atoms with Crippen molar-refractivity contribution in [3.63, 3.8) is 0 Å². The zero-order chi connectivity index (χ0) is 20.1. The molecule has 0 atom stereocenters. The van der Waals surface area contributed by atoms with Crippen molar-refractivity contribution in [3.8, 4) is 0 Å². The zero-order valence-electron chi connectivity index (χ0n) is 15.6. The van der Waals surface area contributed by atoms with Crippen LogP contribution in [-0.4, -0.2) is 38.7 Å². The molecule has 27 heavy (non-hydrogen) atoms. The number of rotatable bonds is 7. The Morgan fingerprint density at radius 3 is 2.37 bits per heavy atom. The van der Waals surface area contributed by atoms with Gasteiger partial charge in [0.1, 0.15) is 10.7 Å². The molecular weight excluding hydrogens is 368 g/mol. The lowest BCUT2D eigenvalue weighted by Crippen LogP contribution is -2.36. The van der Waals surface area contributed by atoms with Crippen molar-refractivity contribution in [2.45, 2.75) is 46.3 Å². The highest BCUT2D eigenvalue weighted by molar-refractivity contribution is 7.09. The number of carbonyl (C=O) groups excluding carboxylic acids is 2. The molecule has 0 bridgehead atoms. The van der Waals surface area contributed by atoms with E-state index >= 15 is 0 Å². The number of nitro benzene ring substituents is 1. The fourth-order valence-corrected chi connectivity index (χ4v) is 3.12. The summed E-state index contributed by atoms with van der Waals surface area (Å²) in [6.45, 7) is 7.75. The van der Waals surface area contributed by atoms with E-state index in [0.29, 0.717) is 16.3 Å². The summed E-state index contributed by atoms with van der Waals surface area (Å²) in [7, 11) is 0. The van der Waals surface area contributed by atoms with Gasteiger partial charge in [-0.2, -0.15) is 0 Å². The van der Waals surface area contributed by atoms with Crippen molar-refractivity contribution in [2.24, 2.45) is 0 Å². The number of non-ortho nitro benzene ring substituents is 1. The lowest BCUT2D eigenvalue weighted by Gasteiger charge is -2.25. The molecule has 1 N–H and O–H groups in total. The largest absolute Gasteiger partial charge is 0.349 e. The Morgan fingerprint density at radius 1 is 1.22 bits per heavy atom. The van der Waals surface area contributed by atoms with E-state index in [0.717, 1.165) is 0 Å². The third-order valence-electron chi connectivity index (χ3n) is 3.72. The highest BCUT2D eigenvalue weighted by atomic mass is 32.1. The SMILES string of the molecule is CC(C)NC(=O)c1csc(CN(C(=O)c2ccc([N+](=O)[O-])cc2)C(C)C)n1. The maximum absolute atomic E-state index is 12.8. The van der Waals surface area contributed by atoms with E-state index in [2.05, 4.69) is 10.3 Å². The Balaban J connectivity index is 2.15. The zero-order valence-corrected chi connectivity index (χ0v) is 16.4. The number of aromatic nitrogens is 1. The molecule has 0 radical (unpaired) electrons. The molecular formula is C18H22N4O4S. The van der Waals surface area contributed by atoms with Gasteiger partial charge in [0.05, 0.1) is 11.5 Å². The van der Waals surface area contributed by atoms with E-state index in [4.69, 9.17) is 0 Å². The first-order valence-corrected chi connectivity index (χ1v) is 9.37. The van der Waals surface area contributed by atoms with Gasteiger partial charge < -0.3 is 10.2 Å². The van der Waals surface area contributed by atoms with Crippen molar-refractivity contribution in [1.29, 1.82) is 0 Å². The number of nitrogens with one attached hydrogen (secondary N) is 1. The molecule has 2 rings (SSSR count). The van der Waals surface area contributed by atoms with Crippen LogP contribution in [-0.2, 0) is 6.54 Å². The summed E-state index contributed by atoms with van der Waals surface area (Å²) >= 11 is 1.31. The topological polar surface area (TPSA) is 105 Å².